The number of ether oxygens (including phenoxy) is 4. The van der Waals surface area contributed by atoms with E-state index in [0.29, 0.717) is 29.9 Å². The number of carbonyl (C=O) groups is 1. The van der Waals surface area contributed by atoms with E-state index in [9.17, 15) is 4.79 Å². The van der Waals surface area contributed by atoms with Crippen molar-refractivity contribution in [1.29, 1.82) is 0 Å². The first-order valence-corrected chi connectivity index (χ1v) is 12.8. The molecule has 1 saturated heterocycles. The highest BCUT2D eigenvalue weighted by Crippen LogP contribution is 2.28. The second-order valence-electron chi connectivity index (χ2n) is 8.97. The van der Waals surface area contributed by atoms with Crippen molar-refractivity contribution in [2.75, 3.05) is 57.7 Å². The molecule has 1 aromatic heterocycles. The maximum absolute atomic E-state index is 12.8. The molecular formula is C28H35N5O5. The van der Waals surface area contributed by atoms with Crippen LogP contribution in [0.3, 0.4) is 0 Å². The summed E-state index contributed by atoms with van der Waals surface area (Å²) in [4.78, 5) is 25.3. The summed E-state index contributed by atoms with van der Waals surface area (Å²) >= 11 is 0. The van der Waals surface area contributed by atoms with Crippen molar-refractivity contribution < 1.29 is 23.7 Å². The molecule has 202 valence electrons. The van der Waals surface area contributed by atoms with Crippen molar-refractivity contribution >= 4 is 23.5 Å². The number of likely N-dealkylation sites (tertiary alicyclic amines) is 1. The largest absolute Gasteiger partial charge is 0.496 e. The summed E-state index contributed by atoms with van der Waals surface area (Å²) in [5.41, 5.74) is 0.782. The van der Waals surface area contributed by atoms with Crippen molar-refractivity contribution in [2.45, 2.75) is 25.7 Å². The van der Waals surface area contributed by atoms with E-state index < -0.39 is 6.09 Å². The fraction of sp³-hybridized carbons (Fsp3) is 0.393. The van der Waals surface area contributed by atoms with Crippen molar-refractivity contribution in [2.24, 2.45) is 0 Å². The number of rotatable bonds is 11. The zero-order valence-electron chi connectivity index (χ0n) is 22.2. The highest BCUT2D eigenvalue weighted by atomic mass is 16.6. The van der Waals surface area contributed by atoms with Crippen LogP contribution in [-0.2, 0) is 0 Å². The molecule has 3 aromatic rings. The highest BCUT2D eigenvalue weighted by molar-refractivity contribution is 5.87. The van der Waals surface area contributed by atoms with Gasteiger partial charge in [-0.2, -0.15) is 4.98 Å². The average Bonchev–Trinajstić information content (AvgIpc) is 2.95. The Morgan fingerprint density at radius 1 is 0.974 bits per heavy atom. The van der Waals surface area contributed by atoms with Crippen LogP contribution in [-0.4, -0.2) is 68.5 Å². The van der Waals surface area contributed by atoms with Crippen LogP contribution < -0.4 is 29.2 Å². The Morgan fingerprint density at radius 3 is 2.45 bits per heavy atom. The van der Waals surface area contributed by atoms with Crippen LogP contribution in [0.15, 0.2) is 54.7 Å². The quantitative estimate of drug-likeness (QED) is 0.344. The van der Waals surface area contributed by atoms with E-state index in [4.69, 9.17) is 18.9 Å². The molecule has 10 nitrogen and oxygen atoms in total. The van der Waals surface area contributed by atoms with E-state index in [1.807, 2.05) is 24.3 Å². The van der Waals surface area contributed by atoms with Crippen LogP contribution in [0.4, 0.5) is 22.2 Å². The van der Waals surface area contributed by atoms with E-state index in [-0.39, 0.29) is 5.75 Å². The van der Waals surface area contributed by atoms with Gasteiger partial charge in [0.25, 0.3) is 0 Å². The number of amides is 1. The smallest absolute Gasteiger partial charge is 0.420 e. The van der Waals surface area contributed by atoms with Gasteiger partial charge in [0.15, 0.2) is 0 Å². The molecule has 1 amide bonds. The Hall–Kier alpha value is -4.05. The molecule has 0 atom stereocenters. The monoisotopic (exact) mass is 521 g/mol. The molecular weight excluding hydrogens is 486 g/mol. The van der Waals surface area contributed by atoms with E-state index in [1.165, 1.54) is 51.5 Å². The lowest BCUT2D eigenvalue weighted by molar-refractivity contribution is 0.205. The summed E-state index contributed by atoms with van der Waals surface area (Å²) < 4.78 is 21.9. The number of anilines is 3. The predicted octanol–water partition coefficient (Wildman–Crippen LogP) is 5.13. The lowest BCUT2D eigenvalue weighted by Crippen LogP contribution is -2.31. The topological polar surface area (TPSA) is 98.3 Å². The summed E-state index contributed by atoms with van der Waals surface area (Å²) in [5, 5.41) is 3.18. The molecule has 4 rings (SSSR count). The summed E-state index contributed by atoms with van der Waals surface area (Å²) in [7, 11) is 4.63. The lowest BCUT2D eigenvalue weighted by Gasteiger charge is -2.26. The molecule has 0 unspecified atom stereocenters. The lowest BCUT2D eigenvalue weighted by atomic mass is 10.1. The molecule has 2 aromatic carbocycles. The predicted molar refractivity (Wildman–Crippen MR) is 146 cm³/mol. The molecule has 10 heteroatoms. The third-order valence-electron chi connectivity index (χ3n) is 6.21. The molecule has 0 bridgehead atoms. The fourth-order valence-electron chi connectivity index (χ4n) is 4.15. The number of benzene rings is 2. The number of hydrogen-bond donors (Lipinski definition) is 1. The second kappa shape index (κ2) is 13.5. The molecule has 0 aliphatic carbocycles. The Balaban J connectivity index is 1.33. The van der Waals surface area contributed by atoms with E-state index in [2.05, 4.69) is 20.2 Å². The van der Waals surface area contributed by atoms with Crippen LogP contribution in [0.2, 0.25) is 0 Å². The maximum atomic E-state index is 12.8. The zero-order valence-corrected chi connectivity index (χ0v) is 22.2. The minimum absolute atomic E-state index is 0.290. The van der Waals surface area contributed by atoms with Gasteiger partial charge in [0.1, 0.15) is 28.8 Å². The summed E-state index contributed by atoms with van der Waals surface area (Å²) in [6.07, 6.45) is 5.89. The first kappa shape index (κ1) is 27.0. The molecule has 0 spiro atoms. The van der Waals surface area contributed by atoms with Gasteiger partial charge in [0.05, 0.1) is 20.8 Å². The third-order valence-corrected chi connectivity index (χ3v) is 6.21. The van der Waals surface area contributed by atoms with E-state index in [0.717, 1.165) is 24.4 Å². The number of nitrogens with one attached hydrogen (secondary N) is 1. The van der Waals surface area contributed by atoms with Crippen LogP contribution in [0, 0.1) is 0 Å². The van der Waals surface area contributed by atoms with Crippen molar-refractivity contribution in [3.8, 4) is 23.0 Å². The molecule has 1 fully saturated rings. The summed E-state index contributed by atoms with van der Waals surface area (Å²) in [5.74, 6) is 2.80. The van der Waals surface area contributed by atoms with Crippen molar-refractivity contribution in [3.05, 3.63) is 54.7 Å². The third kappa shape index (κ3) is 7.72. The molecule has 0 radical (unpaired) electrons. The Morgan fingerprint density at radius 2 is 1.71 bits per heavy atom. The van der Waals surface area contributed by atoms with E-state index in [1.54, 1.807) is 37.5 Å². The number of methoxy groups -OCH3 is 2. The Bertz CT molecular complexity index is 1180. The van der Waals surface area contributed by atoms with Gasteiger partial charge in [-0.05, 0) is 50.6 Å². The van der Waals surface area contributed by atoms with Gasteiger partial charge in [0, 0.05) is 49.7 Å². The first-order valence-electron chi connectivity index (χ1n) is 12.8. The normalized spacial score (nSPS) is 13.4. The van der Waals surface area contributed by atoms with Gasteiger partial charge in [-0.3, -0.25) is 4.90 Å². The molecule has 0 saturated carbocycles. The number of hydrogen-bond acceptors (Lipinski definition) is 9. The number of aromatic nitrogens is 2. The Kier molecular flexibility index (Phi) is 9.58. The van der Waals surface area contributed by atoms with Gasteiger partial charge >= 0.3 is 6.09 Å². The maximum Gasteiger partial charge on any atom is 0.420 e. The van der Waals surface area contributed by atoms with Crippen LogP contribution >= 0.6 is 0 Å². The molecule has 1 N–H and O–H groups in total. The average molecular weight is 522 g/mol. The SMILES string of the molecule is COc1cc(OC)cc(OC(=O)N(C)c2ccnc(Nc3cccc(OCCCN4CCCCC4)c3)n2)c1. The van der Waals surface area contributed by atoms with Gasteiger partial charge < -0.3 is 29.2 Å². The summed E-state index contributed by atoms with van der Waals surface area (Å²) in [6, 6.07) is 14.2. The summed E-state index contributed by atoms with van der Waals surface area (Å²) in [6.45, 7) is 4.13. The molecule has 2 heterocycles. The first-order chi connectivity index (χ1) is 18.5. The standard InChI is InChI=1S/C28H35N5O5/c1-32(28(34)38-25-19-23(35-2)18-24(20-25)36-3)26-11-12-29-27(31-26)30-21-9-7-10-22(17-21)37-16-8-15-33-13-5-4-6-14-33/h7,9-12,17-20H,4-6,8,13-16H2,1-3H3,(H,29,30,31). The van der Waals surface area contributed by atoms with Crippen LogP contribution in [0.1, 0.15) is 25.7 Å². The van der Waals surface area contributed by atoms with Gasteiger partial charge in [-0.1, -0.05) is 12.5 Å². The van der Waals surface area contributed by atoms with Gasteiger partial charge in [0.2, 0.25) is 5.95 Å². The van der Waals surface area contributed by atoms with Crippen molar-refractivity contribution in [1.82, 2.24) is 14.9 Å². The van der Waals surface area contributed by atoms with Crippen molar-refractivity contribution in [3.63, 3.8) is 0 Å². The second-order valence-corrected chi connectivity index (χ2v) is 8.97. The molecule has 1 aliphatic heterocycles. The van der Waals surface area contributed by atoms with Gasteiger partial charge in [-0.25, -0.2) is 9.78 Å². The molecule has 1 aliphatic rings. The van der Waals surface area contributed by atoms with Crippen LogP contribution in [0.25, 0.3) is 0 Å². The van der Waals surface area contributed by atoms with Crippen LogP contribution in [0.5, 0.6) is 23.0 Å². The number of nitrogens with zero attached hydrogens (tertiary/aromatic N) is 4. The van der Waals surface area contributed by atoms with Gasteiger partial charge in [-0.15, -0.1) is 0 Å². The number of carbonyl (C=O) groups excluding carboxylic acids is 1. The zero-order chi connectivity index (χ0) is 26.7. The minimum atomic E-state index is -0.620. The highest BCUT2D eigenvalue weighted by Gasteiger charge is 2.17. The fourth-order valence-corrected chi connectivity index (χ4v) is 4.15. The Labute approximate surface area is 223 Å². The number of piperidine rings is 1. The minimum Gasteiger partial charge on any atom is -0.496 e. The molecule has 38 heavy (non-hydrogen) atoms. The van der Waals surface area contributed by atoms with E-state index >= 15 is 0 Å².